The van der Waals surface area contributed by atoms with Crippen molar-refractivity contribution in [3.8, 4) is 22.9 Å². The number of benzene rings is 6. The average Bonchev–Trinajstić information content (AvgIpc) is 3.65. The fraction of sp³-hybridized carbons (Fsp3) is 0.0750. The second kappa shape index (κ2) is 8.64. The summed E-state index contributed by atoms with van der Waals surface area (Å²) in [6, 6.07) is 41.3. The van der Waals surface area contributed by atoms with E-state index in [1.807, 2.05) is 6.20 Å². The molecule has 5 heteroatoms. The molecule has 0 radical (unpaired) electrons. The van der Waals surface area contributed by atoms with Crippen LogP contribution in [-0.2, 0) is 5.41 Å². The Morgan fingerprint density at radius 1 is 0.556 bits per heavy atom. The summed E-state index contributed by atoms with van der Waals surface area (Å²) in [5, 5.41) is 7.19. The molecule has 212 valence electrons. The van der Waals surface area contributed by atoms with E-state index in [9.17, 15) is 0 Å². The van der Waals surface area contributed by atoms with E-state index in [0.717, 1.165) is 50.5 Å². The highest BCUT2D eigenvalue weighted by Gasteiger charge is 2.38. The molecule has 9 aromatic rings. The number of nitrogens with zero attached hydrogens (tertiary/aromatic N) is 5. The van der Waals surface area contributed by atoms with Crippen LogP contribution in [0.4, 0.5) is 0 Å². The highest BCUT2D eigenvalue weighted by molar-refractivity contribution is 6.24. The lowest BCUT2D eigenvalue weighted by Gasteiger charge is -2.32. The quantitative estimate of drug-likeness (QED) is 0.192. The number of para-hydroxylation sites is 2. The van der Waals surface area contributed by atoms with Gasteiger partial charge in [-0.2, -0.15) is 0 Å². The van der Waals surface area contributed by atoms with Crippen LogP contribution in [0.3, 0.4) is 0 Å². The third-order valence-electron chi connectivity index (χ3n) is 9.73. The Labute approximate surface area is 259 Å². The van der Waals surface area contributed by atoms with Crippen molar-refractivity contribution in [3.63, 3.8) is 0 Å². The molecule has 0 atom stereocenters. The van der Waals surface area contributed by atoms with Crippen molar-refractivity contribution in [1.82, 2.24) is 24.1 Å². The van der Waals surface area contributed by atoms with E-state index in [-0.39, 0.29) is 5.41 Å². The zero-order valence-electron chi connectivity index (χ0n) is 24.9. The van der Waals surface area contributed by atoms with E-state index in [0.29, 0.717) is 0 Å². The van der Waals surface area contributed by atoms with Gasteiger partial charge in [0.05, 0.1) is 27.8 Å². The molecule has 0 unspecified atom stereocenters. The molecule has 3 aromatic heterocycles. The lowest BCUT2D eigenvalue weighted by Crippen LogP contribution is -2.28. The van der Waals surface area contributed by atoms with Gasteiger partial charge < -0.3 is 0 Å². The average molecular weight is 578 g/mol. The summed E-state index contributed by atoms with van der Waals surface area (Å²) in [5.74, 6) is 1.83. The Kier molecular flexibility index (Phi) is 4.73. The highest BCUT2D eigenvalue weighted by atomic mass is 15.1. The Morgan fingerprint density at radius 3 is 2.00 bits per heavy atom. The van der Waals surface area contributed by atoms with Crippen molar-refractivity contribution in [2.45, 2.75) is 19.3 Å². The lowest BCUT2D eigenvalue weighted by molar-refractivity contribution is 0.599. The maximum Gasteiger partial charge on any atom is 0.160 e. The minimum Gasteiger partial charge on any atom is -0.292 e. The Hall–Kier alpha value is -5.81. The molecule has 6 aromatic carbocycles. The summed E-state index contributed by atoms with van der Waals surface area (Å²) >= 11 is 0. The lowest BCUT2D eigenvalue weighted by atomic mass is 9.77. The predicted molar refractivity (Wildman–Crippen MR) is 184 cm³/mol. The van der Waals surface area contributed by atoms with Gasteiger partial charge in [0.2, 0.25) is 0 Å². The van der Waals surface area contributed by atoms with E-state index in [1.54, 1.807) is 6.20 Å². The number of aromatic nitrogens is 5. The molecule has 0 saturated carbocycles. The summed E-state index contributed by atoms with van der Waals surface area (Å²) in [7, 11) is 0. The Morgan fingerprint density at radius 2 is 1.20 bits per heavy atom. The SMILES string of the molecule is CC1(C)c2nccnc2-n2c3ccccc3c3cc(-c4nc5c6ccccc6c6ccccc6c5n4-c4ccccc4)cc1c32. The van der Waals surface area contributed by atoms with Crippen LogP contribution < -0.4 is 0 Å². The fourth-order valence-corrected chi connectivity index (χ4v) is 7.71. The highest BCUT2D eigenvalue weighted by Crippen LogP contribution is 2.48. The van der Waals surface area contributed by atoms with Crippen LogP contribution in [0.15, 0.2) is 128 Å². The van der Waals surface area contributed by atoms with Gasteiger partial charge in [-0.1, -0.05) is 84.9 Å². The largest absolute Gasteiger partial charge is 0.292 e. The molecular formula is C40H27N5. The first-order chi connectivity index (χ1) is 22.1. The standard InChI is InChI=1S/C40H27N5/c1-40(2)32-23-24(22-31-28-16-10-11-19-33(28)45(35(31)32)39-37(40)41-20-21-42-39)38-43-34-29-17-8-6-14-26(29)27-15-7-9-18-30(27)36(34)44(38)25-12-4-3-5-13-25/h3-23H,1-2H3. The molecule has 0 bridgehead atoms. The first-order valence-corrected chi connectivity index (χ1v) is 15.4. The number of rotatable bonds is 2. The van der Waals surface area contributed by atoms with E-state index in [1.165, 1.54) is 38.0 Å². The van der Waals surface area contributed by atoms with Crippen molar-refractivity contribution in [3.05, 3.63) is 139 Å². The van der Waals surface area contributed by atoms with Gasteiger partial charge in [-0.25, -0.2) is 9.97 Å². The van der Waals surface area contributed by atoms with Crippen molar-refractivity contribution in [2.24, 2.45) is 0 Å². The van der Waals surface area contributed by atoms with Gasteiger partial charge >= 0.3 is 0 Å². The smallest absolute Gasteiger partial charge is 0.160 e. The van der Waals surface area contributed by atoms with Crippen molar-refractivity contribution >= 4 is 54.4 Å². The van der Waals surface area contributed by atoms with Gasteiger partial charge in [0.15, 0.2) is 5.82 Å². The van der Waals surface area contributed by atoms with Gasteiger partial charge in [-0.05, 0) is 60.5 Å². The molecule has 0 saturated heterocycles. The summed E-state index contributed by atoms with van der Waals surface area (Å²) in [5.41, 5.74) is 8.45. The summed E-state index contributed by atoms with van der Waals surface area (Å²) in [4.78, 5) is 15.3. The molecule has 0 aliphatic carbocycles. The van der Waals surface area contributed by atoms with E-state index in [2.05, 4.69) is 138 Å². The Bertz CT molecular complexity index is 2680. The monoisotopic (exact) mass is 577 g/mol. The maximum absolute atomic E-state index is 5.54. The van der Waals surface area contributed by atoms with E-state index < -0.39 is 0 Å². The predicted octanol–water partition coefficient (Wildman–Crippen LogP) is 9.53. The van der Waals surface area contributed by atoms with Crippen LogP contribution in [0, 0.1) is 0 Å². The molecule has 0 spiro atoms. The molecule has 0 N–H and O–H groups in total. The number of imidazole rings is 1. The summed E-state index contributed by atoms with van der Waals surface area (Å²) in [6.07, 6.45) is 3.61. The molecular weight excluding hydrogens is 550 g/mol. The van der Waals surface area contributed by atoms with E-state index >= 15 is 0 Å². The van der Waals surface area contributed by atoms with Crippen molar-refractivity contribution < 1.29 is 0 Å². The minimum atomic E-state index is -0.370. The molecule has 1 aliphatic rings. The number of hydrogen-bond acceptors (Lipinski definition) is 3. The van der Waals surface area contributed by atoms with Gasteiger partial charge in [0, 0.05) is 50.6 Å². The van der Waals surface area contributed by atoms with E-state index in [4.69, 9.17) is 15.0 Å². The molecule has 0 amide bonds. The van der Waals surface area contributed by atoms with Gasteiger partial charge in [0.1, 0.15) is 5.82 Å². The zero-order chi connectivity index (χ0) is 29.9. The third-order valence-corrected chi connectivity index (χ3v) is 9.73. The third kappa shape index (κ3) is 3.14. The van der Waals surface area contributed by atoms with Gasteiger partial charge in [0.25, 0.3) is 0 Å². The molecule has 1 aliphatic heterocycles. The molecule has 4 heterocycles. The van der Waals surface area contributed by atoms with Crippen LogP contribution >= 0.6 is 0 Å². The molecule has 0 fully saturated rings. The topological polar surface area (TPSA) is 48.5 Å². The molecule has 10 rings (SSSR count). The van der Waals surface area contributed by atoms with Crippen LogP contribution in [-0.4, -0.2) is 24.1 Å². The fourth-order valence-electron chi connectivity index (χ4n) is 7.71. The molecule has 45 heavy (non-hydrogen) atoms. The van der Waals surface area contributed by atoms with Gasteiger partial charge in [-0.3, -0.25) is 14.1 Å². The van der Waals surface area contributed by atoms with Crippen molar-refractivity contribution in [2.75, 3.05) is 0 Å². The summed E-state index contributed by atoms with van der Waals surface area (Å²) in [6.45, 7) is 4.53. The van der Waals surface area contributed by atoms with Crippen LogP contribution in [0.2, 0.25) is 0 Å². The van der Waals surface area contributed by atoms with Gasteiger partial charge in [-0.15, -0.1) is 0 Å². The number of hydrogen-bond donors (Lipinski definition) is 0. The first kappa shape index (κ1) is 24.6. The van der Waals surface area contributed by atoms with Crippen molar-refractivity contribution in [1.29, 1.82) is 0 Å². The van der Waals surface area contributed by atoms with Crippen LogP contribution in [0.25, 0.3) is 77.3 Å². The first-order valence-electron chi connectivity index (χ1n) is 15.4. The second-order valence-corrected chi connectivity index (χ2v) is 12.5. The Balaban J connectivity index is 1.41. The van der Waals surface area contributed by atoms with Crippen LogP contribution in [0.1, 0.15) is 25.1 Å². The minimum absolute atomic E-state index is 0.370. The normalized spacial score (nSPS) is 13.7. The number of fused-ring (bicyclic) bond motifs is 11. The summed E-state index contributed by atoms with van der Waals surface area (Å²) < 4.78 is 4.67. The maximum atomic E-state index is 5.54. The zero-order valence-corrected chi connectivity index (χ0v) is 24.9. The second-order valence-electron chi connectivity index (χ2n) is 12.5. The van der Waals surface area contributed by atoms with Crippen LogP contribution in [0.5, 0.6) is 0 Å². The molecule has 5 nitrogen and oxygen atoms in total.